The molecule has 5 heteroatoms. The van der Waals surface area contributed by atoms with Gasteiger partial charge in [-0.1, -0.05) is 12.1 Å². The van der Waals surface area contributed by atoms with Crippen LogP contribution in [-0.4, -0.2) is 35.6 Å². The van der Waals surface area contributed by atoms with E-state index >= 15 is 0 Å². The Morgan fingerprint density at radius 1 is 1.42 bits per heavy atom. The Morgan fingerprint density at radius 3 is 2.68 bits per heavy atom. The van der Waals surface area contributed by atoms with Crippen LogP contribution in [0.3, 0.4) is 0 Å². The Morgan fingerprint density at radius 2 is 2.11 bits per heavy atom. The second-order valence-electron chi connectivity index (χ2n) is 5.06. The molecule has 0 heterocycles. The van der Waals surface area contributed by atoms with Gasteiger partial charge in [0, 0.05) is 13.6 Å². The Balaban J connectivity index is 2.11. The van der Waals surface area contributed by atoms with E-state index in [1.54, 1.807) is 37.1 Å². The summed E-state index contributed by atoms with van der Waals surface area (Å²) in [5, 5.41) is 11.9. The number of aryl methyl sites for hydroxylation is 1. The minimum atomic E-state index is -1.03. The number of carboxylic acid groups (broad SMARTS) is 1. The molecule has 0 aliphatic heterocycles. The van der Waals surface area contributed by atoms with Gasteiger partial charge in [0.05, 0.1) is 11.3 Å². The molecule has 1 aromatic carbocycles. The molecule has 0 atom stereocenters. The first-order valence-electron chi connectivity index (χ1n) is 6.34. The summed E-state index contributed by atoms with van der Waals surface area (Å²) in [4.78, 5) is 24.8. The predicted molar refractivity (Wildman–Crippen MR) is 72.5 cm³/mol. The highest BCUT2D eigenvalue weighted by Crippen LogP contribution is 2.29. The SMILES string of the molecule is Cc1cccc(NC(=O)N(C)CC2CC2)c1C(=O)O. The lowest BCUT2D eigenvalue weighted by molar-refractivity contribution is 0.0697. The van der Waals surface area contributed by atoms with Crippen LogP contribution < -0.4 is 5.32 Å². The van der Waals surface area contributed by atoms with Crippen molar-refractivity contribution in [3.63, 3.8) is 0 Å². The Hall–Kier alpha value is -2.04. The average Bonchev–Trinajstić information content (AvgIpc) is 3.12. The average molecular weight is 262 g/mol. The number of aromatic carboxylic acids is 1. The van der Waals surface area contributed by atoms with Gasteiger partial charge in [0.25, 0.3) is 0 Å². The number of urea groups is 1. The highest BCUT2D eigenvalue weighted by Gasteiger charge is 2.25. The molecule has 1 aliphatic carbocycles. The van der Waals surface area contributed by atoms with E-state index in [9.17, 15) is 14.7 Å². The second kappa shape index (κ2) is 5.30. The maximum atomic E-state index is 12.0. The Labute approximate surface area is 112 Å². The van der Waals surface area contributed by atoms with Crippen LogP contribution in [0.2, 0.25) is 0 Å². The molecule has 0 radical (unpaired) electrons. The van der Waals surface area contributed by atoms with Crippen molar-refractivity contribution in [2.24, 2.45) is 5.92 Å². The predicted octanol–water partition coefficient (Wildman–Crippen LogP) is 2.57. The van der Waals surface area contributed by atoms with Gasteiger partial charge >= 0.3 is 12.0 Å². The van der Waals surface area contributed by atoms with Crippen LogP contribution in [0.5, 0.6) is 0 Å². The minimum absolute atomic E-state index is 0.149. The molecule has 1 aromatic rings. The van der Waals surface area contributed by atoms with Crippen LogP contribution in [0.4, 0.5) is 10.5 Å². The highest BCUT2D eigenvalue weighted by molar-refractivity contribution is 6.01. The smallest absolute Gasteiger partial charge is 0.338 e. The molecule has 0 unspecified atom stereocenters. The van der Waals surface area contributed by atoms with E-state index in [1.165, 1.54) is 12.8 Å². The van der Waals surface area contributed by atoms with Crippen LogP contribution in [0, 0.1) is 12.8 Å². The number of nitrogens with one attached hydrogen (secondary N) is 1. The zero-order chi connectivity index (χ0) is 14.0. The molecular weight excluding hydrogens is 244 g/mol. The minimum Gasteiger partial charge on any atom is -0.478 e. The summed E-state index contributed by atoms with van der Waals surface area (Å²) >= 11 is 0. The molecule has 2 rings (SSSR count). The van der Waals surface area contributed by atoms with Crippen molar-refractivity contribution in [1.29, 1.82) is 0 Å². The number of rotatable bonds is 4. The highest BCUT2D eigenvalue weighted by atomic mass is 16.4. The quantitative estimate of drug-likeness (QED) is 0.876. The van der Waals surface area contributed by atoms with Gasteiger partial charge < -0.3 is 15.3 Å². The molecule has 0 saturated heterocycles. The second-order valence-corrected chi connectivity index (χ2v) is 5.06. The molecule has 1 aliphatic rings. The number of benzene rings is 1. The third-order valence-corrected chi connectivity index (χ3v) is 3.30. The zero-order valence-corrected chi connectivity index (χ0v) is 11.1. The van der Waals surface area contributed by atoms with Crippen LogP contribution in [-0.2, 0) is 0 Å². The summed E-state index contributed by atoms with van der Waals surface area (Å²) in [6.45, 7) is 2.44. The number of nitrogens with zero attached hydrogens (tertiary/aromatic N) is 1. The van der Waals surface area contributed by atoms with Crippen LogP contribution in [0.1, 0.15) is 28.8 Å². The molecule has 0 aromatic heterocycles. The van der Waals surface area contributed by atoms with Crippen molar-refractivity contribution in [2.45, 2.75) is 19.8 Å². The van der Waals surface area contributed by atoms with E-state index in [2.05, 4.69) is 5.32 Å². The molecule has 102 valence electrons. The van der Waals surface area contributed by atoms with Crippen LogP contribution >= 0.6 is 0 Å². The van der Waals surface area contributed by atoms with E-state index in [0.717, 1.165) is 6.54 Å². The number of anilines is 1. The van der Waals surface area contributed by atoms with Gasteiger partial charge in [0.2, 0.25) is 0 Å². The fraction of sp³-hybridized carbons (Fsp3) is 0.429. The van der Waals surface area contributed by atoms with Crippen molar-refractivity contribution >= 4 is 17.7 Å². The standard InChI is InChI=1S/C14H18N2O3/c1-9-4-3-5-11(12(9)13(17)18)15-14(19)16(2)8-10-6-7-10/h3-5,10H,6-8H2,1-2H3,(H,15,19)(H,17,18). The molecule has 1 saturated carbocycles. The summed E-state index contributed by atoms with van der Waals surface area (Å²) in [5.74, 6) is -0.426. The number of carbonyl (C=O) groups is 2. The monoisotopic (exact) mass is 262 g/mol. The van der Waals surface area contributed by atoms with E-state index in [-0.39, 0.29) is 11.6 Å². The van der Waals surface area contributed by atoms with E-state index < -0.39 is 5.97 Å². The molecular formula is C14H18N2O3. The van der Waals surface area contributed by atoms with Gasteiger partial charge in [-0.05, 0) is 37.3 Å². The van der Waals surface area contributed by atoms with E-state index in [0.29, 0.717) is 17.2 Å². The largest absolute Gasteiger partial charge is 0.478 e. The van der Waals surface area contributed by atoms with Crippen molar-refractivity contribution in [1.82, 2.24) is 4.90 Å². The topological polar surface area (TPSA) is 69.6 Å². The number of amides is 2. The lowest BCUT2D eigenvalue weighted by Crippen LogP contribution is -2.33. The number of carboxylic acids is 1. The number of hydrogen-bond acceptors (Lipinski definition) is 2. The first-order chi connectivity index (χ1) is 8.99. The summed E-state index contributed by atoms with van der Waals surface area (Å²) in [6.07, 6.45) is 2.34. The molecule has 0 spiro atoms. The van der Waals surface area contributed by atoms with E-state index in [4.69, 9.17) is 0 Å². The van der Waals surface area contributed by atoms with Gasteiger partial charge in [-0.15, -0.1) is 0 Å². The fourth-order valence-electron chi connectivity index (χ4n) is 2.04. The first kappa shape index (κ1) is 13.4. The molecule has 19 heavy (non-hydrogen) atoms. The molecule has 2 amide bonds. The third-order valence-electron chi connectivity index (χ3n) is 3.30. The number of carbonyl (C=O) groups excluding carboxylic acids is 1. The summed E-state index contributed by atoms with van der Waals surface area (Å²) in [6, 6.07) is 4.80. The van der Waals surface area contributed by atoms with Gasteiger partial charge in [0.1, 0.15) is 0 Å². The van der Waals surface area contributed by atoms with Crippen molar-refractivity contribution in [3.8, 4) is 0 Å². The fourth-order valence-corrected chi connectivity index (χ4v) is 2.04. The molecule has 5 nitrogen and oxygen atoms in total. The van der Waals surface area contributed by atoms with Crippen LogP contribution in [0.15, 0.2) is 18.2 Å². The lowest BCUT2D eigenvalue weighted by atomic mass is 10.1. The maximum absolute atomic E-state index is 12.0. The zero-order valence-electron chi connectivity index (χ0n) is 11.1. The molecule has 0 bridgehead atoms. The van der Waals surface area contributed by atoms with Gasteiger partial charge in [-0.3, -0.25) is 0 Å². The lowest BCUT2D eigenvalue weighted by Gasteiger charge is -2.18. The van der Waals surface area contributed by atoms with E-state index in [1.807, 2.05) is 0 Å². The van der Waals surface area contributed by atoms with Gasteiger partial charge in [-0.2, -0.15) is 0 Å². The Kier molecular flexibility index (Phi) is 3.74. The van der Waals surface area contributed by atoms with Crippen molar-refractivity contribution in [3.05, 3.63) is 29.3 Å². The summed E-state index contributed by atoms with van der Waals surface area (Å²) < 4.78 is 0. The number of hydrogen-bond donors (Lipinski definition) is 2. The summed E-state index contributed by atoms with van der Waals surface area (Å²) in [5.41, 5.74) is 1.13. The third kappa shape index (κ3) is 3.24. The molecule has 2 N–H and O–H groups in total. The van der Waals surface area contributed by atoms with Crippen molar-refractivity contribution < 1.29 is 14.7 Å². The van der Waals surface area contributed by atoms with Gasteiger partial charge in [-0.25, -0.2) is 9.59 Å². The van der Waals surface area contributed by atoms with Crippen molar-refractivity contribution in [2.75, 3.05) is 18.9 Å². The Bertz CT molecular complexity index is 509. The normalized spacial score (nSPS) is 14.0. The van der Waals surface area contributed by atoms with Crippen LogP contribution in [0.25, 0.3) is 0 Å². The molecule has 1 fully saturated rings. The first-order valence-corrected chi connectivity index (χ1v) is 6.34. The maximum Gasteiger partial charge on any atom is 0.338 e. The summed E-state index contributed by atoms with van der Waals surface area (Å²) in [7, 11) is 1.73. The van der Waals surface area contributed by atoms with Gasteiger partial charge in [0.15, 0.2) is 0 Å².